The van der Waals surface area contributed by atoms with Crippen molar-refractivity contribution >= 4 is 11.7 Å². The molecular weight excluding hydrogens is 382 g/mol. The number of anilines is 1. The number of nitrogens with zero attached hydrogens (tertiary/aromatic N) is 4. The number of nitrogens with one attached hydrogen (secondary N) is 3. The van der Waals surface area contributed by atoms with E-state index in [1.165, 1.54) is 6.33 Å². The molecule has 2 heterocycles. The summed E-state index contributed by atoms with van der Waals surface area (Å²) in [4.78, 5) is 21.4. The van der Waals surface area contributed by atoms with Crippen molar-refractivity contribution in [1.29, 1.82) is 0 Å². The van der Waals surface area contributed by atoms with Crippen molar-refractivity contribution in [3.05, 3.63) is 78.1 Å². The second-order valence-electron chi connectivity index (χ2n) is 7.13. The van der Waals surface area contributed by atoms with Crippen LogP contribution in [0.2, 0.25) is 0 Å². The van der Waals surface area contributed by atoms with E-state index in [4.69, 9.17) is 4.52 Å². The second kappa shape index (κ2) is 7.78. The lowest BCUT2D eigenvalue weighted by Crippen LogP contribution is -2.33. The van der Waals surface area contributed by atoms with Gasteiger partial charge in [-0.2, -0.15) is 10.1 Å². The van der Waals surface area contributed by atoms with Crippen LogP contribution in [0.1, 0.15) is 42.0 Å². The summed E-state index contributed by atoms with van der Waals surface area (Å²) in [5, 5.41) is 16.5. The van der Waals surface area contributed by atoms with Gasteiger partial charge in [0.25, 0.3) is 5.89 Å². The van der Waals surface area contributed by atoms with Gasteiger partial charge in [-0.1, -0.05) is 41.6 Å². The lowest BCUT2D eigenvalue weighted by molar-refractivity contribution is 0.249. The Balaban J connectivity index is 1.32. The Hall–Kier alpha value is -4.01. The van der Waals surface area contributed by atoms with Crippen LogP contribution in [0.15, 0.2) is 65.4 Å². The fourth-order valence-electron chi connectivity index (χ4n) is 3.20. The molecule has 150 valence electrons. The van der Waals surface area contributed by atoms with E-state index in [2.05, 4.69) is 36.0 Å². The minimum atomic E-state index is -0.464. The van der Waals surface area contributed by atoms with Crippen molar-refractivity contribution in [2.24, 2.45) is 0 Å². The van der Waals surface area contributed by atoms with Crippen molar-refractivity contribution in [3.63, 3.8) is 0 Å². The first-order valence-corrected chi connectivity index (χ1v) is 9.68. The van der Waals surface area contributed by atoms with E-state index in [-0.39, 0.29) is 6.03 Å². The smallest absolute Gasteiger partial charge is 0.320 e. The van der Waals surface area contributed by atoms with Crippen LogP contribution >= 0.6 is 0 Å². The fourth-order valence-corrected chi connectivity index (χ4v) is 3.20. The Kier molecular flexibility index (Phi) is 4.68. The zero-order chi connectivity index (χ0) is 20.3. The number of rotatable bonds is 6. The van der Waals surface area contributed by atoms with Gasteiger partial charge in [0.2, 0.25) is 0 Å². The quantitative estimate of drug-likeness (QED) is 0.453. The highest BCUT2D eigenvalue weighted by molar-refractivity contribution is 5.90. The third-order valence-corrected chi connectivity index (χ3v) is 4.87. The molecule has 30 heavy (non-hydrogen) atoms. The van der Waals surface area contributed by atoms with E-state index in [0.717, 1.165) is 29.8 Å². The van der Waals surface area contributed by atoms with Gasteiger partial charge in [0, 0.05) is 17.2 Å². The zero-order valence-corrected chi connectivity index (χ0v) is 15.9. The zero-order valence-electron chi connectivity index (χ0n) is 15.9. The van der Waals surface area contributed by atoms with Gasteiger partial charge in [0.15, 0.2) is 11.6 Å². The van der Waals surface area contributed by atoms with Gasteiger partial charge < -0.3 is 15.2 Å². The number of amides is 2. The highest BCUT2D eigenvalue weighted by Gasteiger charge is 2.29. The minimum absolute atomic E-state index is 0.374. The molecule has 3 N–H and O–H groups in total. The summed E-state index contributed by atoms with van der Waals surface area (Å²) >= 11 is 0. The van der Waals surface area contributed by atoms with Crippen LogP contribution in [0, 0.1) is 0 Å². The Morgan fingerprint density at radius 2 is 2.00 bits per heavy atom. The molecule has 0 bridgehead atoms. The topological polar surface area (TPSA) is 122 Å². The molecule has 0 spiro atoms. The first-order valence-electron chi connectivity index (χ1n) is 9.68. The summed E-state index contributed by atoms with van der Waals surface area (Å²) in [6.45, 7) is 0. The maximum Gasteiger partial charge on any atom is 0.320 e. The molecule has 1 aliphatic carbocycles. The molecule has 0 aliphatic heterocycles. The lowest BCUT2D eigenvalue weighted by Gasteiger charge is -2.17. The average Bonchev–Trinajstić information content (AvgIpc) is 3.27. The number of hydrogen-bond donors (Lipinski definition) is 3. The highest BCUT2D eigenvalue weighted by Crippen LogP contribution is 2.39. The van der Waals surface area contributed by atoms with Crippen LogP contribution in [0.25, 0.3) is 11.5 Å². The Bertz CT molecular complexity index is 1140. The molecule has 2 aromatic heterocycles. The predicted molar refractivity (Wildman–Crippen MR) is 109 cm³/mol. The van der Waals surface area contributed by atoms with E-state index < -0.39 is 6.04 Å². The summed E-state index contributed by atoms with van der Waals surface area (Å²) in [5.74, 6) is 2.16. The van der Waals surface area contributed by atoms with Crippen molar-refractivity contribution in [2.75, 3.05) is 5.32 Å². The van der Waals surface area contributed by atoms with E-state index >= 15 is 0 Å². The molecule has 1 aliphatic rings. The molecule has 2 amide bonds. The van der Waals surface area contributed by atoms with Crippen LogP contribution in [-0.2, 0) is 0 Å². The van der Waals surface area contributed by atoms with Crippen LogP contribution < -0.4 is 10.6 Å². The largest absolute Gasteiger partial charge is 0.334 e. The van der Waals surface area contributed by atoms with Crippen LogP contribution in [0.4, 0.5) is 10.5 Å². The van der Waals surface area contributed by atoms with Gasteiger partial charge in [0.1, 0.15) is 12.4 Å². The summed E-state index contributed by atoms with van der Waals surface area (Å²) in [6.07, 6.45) is 3.62. The molecule has 1 atom stereocenters. The monoisotopic (exact) mass is 401 g/mol. The maximum atomic E-state index is 12.7. The summed E-state index contributed by atoms with van der Waals surface area (Å²) in [5.41, 5.74) is 2.25. The van der Waals surface area contributed by atoms with Gasteiger partial charge in [-0.25, -0.2) is 9.78 Å². The van der Waals surface area contributed by atoms with Gasteiger partial charge in [0.05, 0.1) is 0 Å². The number of aromatic nitrogens is 5. The fraction of sp³-hybridized carbons (Fsp3) is 0.190. The third kappa shape index (κ3) is 3.90. The third-order valence-electron chi connectivity index (χ3n) is 4.87. The molecule has 1 saturated carbocycles. The number of H-pyrrole nitrogens is 1. The van der Waals surface area contributed by atoms with Gasteiger partial charge in [-0.05, 0) is 36.6 Å². The number of benzene rings is 2. The summed E-state index contributed by atoms with van der Waals surface area (Å²) in [6, 6.07) is 16.0. The SMILES string of the molecule is O=C(Nc1cccc(-c2nc(C3CC3)no2)c1)NC(c1ccccc1)c1ncn[nH]1. The van der Waals surface area contributed by atoms with Gasteiger partial charge in [-0.3, -0.25) is 5.10 Å². The normalized spacial score (nSPS) is 14.3. The molecule has 5 rings (SSSR count). The molecule has 4 aromatic rings. The second-order valence-corrected chi connectivity index (χ2v) is 7.13. The summed E-state index contributed by atoms with van der Waals surface area (Å²) < 4.78 is 5.37. The van der Waals surface area contributed by atoms with Crippen molar-refractivity contribution in [2.45, 2.75) is 24.8 Å². The van der Waals surface area contributed by atoms with Crippen molar-refractivity contribution < 1.29 is 9.32 Å². The number of hydrogen-bond acceptors (Lipinski definition) is 6. The Morgan fingerprint density at radius 1 is 1.13 bits per heavy atom. The van der Waals surface area contributed by atoms with Crippen LogP contribution in [0.5, 0.6) is 0 Å². The molecule has 2 aromatic carbocycles. The molecule has 0 saturated heterocycles. The molecule has 9 nitrogen and oxygen atoms in total. The standard InChI is InChI=1S/C21H19N7O2/c29-21(25-17(19-22-12-23-27-19)13-5-2-1-3-6-13)24-16-8-4-7-15(11-16)20-26-18(28-30-20)14-9-10-14/h1-8,11-12,14,17H,9-10H2,(H,22,23,27)(H2,24,25,29). The number of aromatic amines is 1. The van der Waals surface area contributed by atoms with Gasteiger partial charge in [-0.15, -0.1) is 0 Å². The molecular formula is C21H19N7O2. The molecule has 0 radical (unpaired) electrons. The first kappa shape index (κ1) is 18.0. The number of urea groups is 1. The first-order chi connectivity index (χ1) is 14.8. The van der Waals surface area contributed by atoms with Gasteiger partial charge >= 0.3 is 6.03 Å². The Labute approximate surface area is 171 Å². The number of carbonyl (C=O) groups excluding carboxylic acids is 1. The maximum absolute atomic E-state index is 12.7. The van der Waals surface area contributed by atoms with E-state index in [1.807, 2.05) is 42.5 Å². The lowest BCUT2D eigenvalue weighted by atomic mass is 10.1. The Morgan fingerprint density at radius 3 is 2.77 bits per heavy atom. The highest BCUT2D eigenvalue weighted by atomic mass is 16.5. The van der Waals surface area contributed by atoms with E-state index in [9.17, 15) is 4.79 Å². The summed E-state index contributed by atoms with van der Waals surface area (Å²) in [7, 11) is 0. The molecule has 1 fully saturated rings. The van der Waals surface area contributed by atoms with Crippen molar-refractivity contribution in [3.8, 4) is 11.5 Å². The van der Waals surface area contributed by atoms with Crippen LogP contribution in [-0.4, -0.2) is 31.4 Å². The molecule has 1 unspecified atom stereocenters. The van der Waals surface area contributed by atoms with Crippen LogP contribution in [0.3, 0.4) is 0 Å². The minimum Gasteiger partial charge on any atom is -0.334 e. The number of carbonyl (C=O) groups is 1. The predicted octanol–water partition coefficient (Wildman–Crippen LogP) is 3.64. The molecule has 9 heteroatoms. The van der Waals surface area contributed by atoms with E-state index in [0.29, 0.717) is 23.3 Å². The van der Waals surface area contributed by atoms with E-state index in [1.54, 1.807) is 12.1 Å². The van der Waals surface area contributed by atoms with Crippen molar-refractivity contribution in [1.82, 2.24) is 30.6 Å². The average molecular weight is 401 g/mol.